The Balaban J connectivity index is 1.69. The summed E-state index contributed by atoms with van der Waals surface area (Å²) in [6.45, 7) is 4.24. The van der Waals surface area contributed by atoms with E-state index in [1.165, 1.54) is 5.56 Å². The highest BCUT2D eigenvalue weighted by Crippen LogP contribution is 2.31. The fourth-order valence-electron chi connectivity index (χ4n) is 3.29. The van der Waals surface area contributed by atoms with Gasteiger partial charge in [-0.05, 0) is 24.5 Å². The van der Waals surface area contributed by atoms with Crippen LogP contribution in [0.3, 0.4) is 0 Å². The number of fused-ring (bicyclic) bond motifs is 1. The Labute approximate surface area is 125 Å². The van der Waals surface area contributed by atoms with Gasteiger partial charge in [0.05, 0.1) is 5.92 Å². The number of anilines is 1. The Morgan fingerprint density at radius 1 is 1.33 bits per heavy atom. The van der Waals surface area contributed by atoms with E-state index in [-0.39, 0.29) is 17.7 Å². The molecule has 1 aromatic carbocycles. The quantitative estimate of drug-likeness (QED) is 0.851. The first-order chi connectivity index (χ1) is 10.2. The first kappa shape index (κ1) is 14.1. The molecule has 0 aromatic heterocycles. The van der Waals surface area contributed by atoms with Gasteiger partial charge in [0.15, 0.2) is 0 Å². The van der Waals surface area contributed by atoms with Crippen LogP contribution in [0.5, 0.6) is 0 Å². The van der Waals surface area contributed by atoms with Gasteiger partial charge in [0, 0.05) is 31.7 Å². The Kier molecular flexibility index (Phi) is 3.95. The molecule has 1 saturated heterocycles. The molecule has 0 N–H and O–H groups in total. The Morgan fingerprint density at radius 3 is 2.95 bits per heavy atom. The molecule has 21 heavy (non-hydrogen) atoms. The van der Waals surface area contributed by atoms with Crippen LogP contribution in [0.2, 0.25) is 0 Å². The first-order valence-electron chi connectivity index (χ1n) is 7.87. The van der Waals surface area contributed by atoms with E-state index >= 15 is 0 Å². The molecule has 1 atom stereocenters. The maximum Gasteiger partial charge on any atom is 0.232 e. The molecule has 0 spiro atoms. The van der Waals surface area contributed by atoms with E-state index in [9.17, 15) is 9.59 Å². The van der Waals surface area contributed by atoms with Crippen LogP contribution in [0.1, 0.15) is 31.7 Å². The van der Waals surface area contributed by atoms with Crippen molar-refractivity contribution in [1.29, 1.82) is 0 Å². The van der Waals surface area contributed by atoms with Crippen LogP contribution in [0.15, 0.2) is 24.3 Å². The molecule has 0 radical (unpaired) electrons. The van der Waals surface area contributed by atoms with Crippen molar-refractivity contribution >= 4 is 17.5 Å². The molecule has 1 aromatic rings. The van der Waals surface area contributed by atoms with Crippen molar-refractivity contribution in [3.8, 4) is 0 Å². The topological polar surface area (TPSA) is 40.6 Å². The van der Waals surface area contributed by atoms with Gasteiger partial charge in [-0.2, -0.15) is 0 Å². The van der Waals surface area contributed by atoms with E-state index < -0.39 is 0 Å². The van der Waals surface area contributed by atoms with Crippen molar-refractivity contribution < 1.29 is 9.59 Å². The summed E-state index contributed by atoms with van der Waals surface area (Å²) in [5.74, 6) is 0.0853. The molecule has 0 aliphatic carbocycles. The molecule has 0 unspecified atom stereocenters. The first-order valence-corrected chi connectivity index (χ1v) is 7.87. The van der Waals surface area contributed by atoms with E-state index in [1.807, 2.05) is 28.0 Å². The number of nitrogens with zero attached hydrogens (tertiary/aromatic N) is 2. The number of rotatable bonds is 4. The van der Waals surface area contributed by atoms with Gasteiger partial charge in [-0.25, -0.2) is 0 Å². The molecular formula is C17H22N2O2. The van der Waals surface area contributed by atoms with Crippen molar-refractivity contribution in [3.05, 3.63) is 29.8 Å². The van der Waals surface area contributed by atoms with Gasteiger partial charge in [0.2, 0.25) is 11.8 Å². The standard InChI is InChI=1S/C17H22N2O2/c1-2-3-9-18-12-14(11-16(18)20)17(21)19-10-8-13-6-4-5-7-15(13)19/h4-7,14H,2-3,8-12H2,1H3/t14-/m0/s1. The molecule has 2 amide bonds. The van der Waals surface area contributed by atoms with Crippen LogP contribution >= 0.6 is 0 Å². The minimum Gasteiger partial charge on any atom is -0.342 e. The zero-order valence-electron chi connectivity index (χ0n) is 12.5. The van der Waals surface area contributed by atoms with Gasteiger partial charge >= 0.3 is 0 Å². The second kappa shape index (κ2) is 5.88. The summed E-state index contributed by atoms with van der Waals surface area (Å²) in [5.41, 5.74) is 2.26. The van der Waals surface area contributed by atoms with Crippen LogP contribution in [-0.4, -0.2) is 36.3 Å². The van der Waals surface area contributed by atoms with Gasteiger partial charge in [0.25, 0.3) is 0 Å². The molecule has 1 fully saturated rings. The zero-order valence-corrected chi connectivity index (χ0v) is 12.5. The number of hydrogen-bond donors (Lipinski definition) is 0. The fourth-order valence-corrected chi connectivity index (χ4v) is 3.29. The third-order valence-electron chi connectivity index (χ3n) is 4.50. The number of amides is 2. The van der Waals surface area contributed by atoms with E-state index in [4.69, 9.17) is 0 Å². The lowest BCUT2D eigenvalue weighted by atomic mass is 10.1. The van der Waals surface area contributed by atoms with Gasteiger partial charge in [-0.3, -0.25) is 9.59 Å². The van der Waals surface area contributed by atoms with Crippen molar-refractivity contribution in [2.24, 2.45) is 5.92 Å². The van der Waals surface area contributed by atoms with Crippen molar-refractivity contribution in [2.75, 3.05) is 24.5 Å². The monoisotopic (exact) mass is 286 g/mol. The number of carbonyl (C=O) groups excluding carboxylic acids is 2. The summed E-state index contributed by atoms with van der Waals surface area (Å²) in [5, 5.41) is 0. The van der Waals surface area contributed by atoms with E-state index in [2.05, 4.69) is 13.0 Å². The third-order valence-corrected chi connectivity index (χ3v) is 4.50. The van der Waals surface area contributed by atoms with Crippen LogP contribution < -0.4 is 4.90 Å². The third kappa shape index (κ3) is 2.67. The minimum atomic E-state index is -0.166. The Morgan fingerprint density at radius 2 is 2.14 bits per heavy atom. The lowest BCUT2D eigenvalue weighted by Crippen LogP contribution is -2.36. The molecule has 4 heteroatoms. The number of benzene rings is 1. The van der Waals surface area contributed by atoms with Gasteiger partial charge in [-0.15, -0.1) is 0 Å². The maximum absolute atomic E-state index is 12.7. The van der Waals surface area contributed by atoms with Gasteiger partial charge in [-0.1, -0.05) is 31.5 Å². The lowest BCUT2D eigenvalue weighted by Gasteiger charge is -2.21. The summed E-state index contributed by atoms with van der Waals surface area (Å²) in [6, 6.07) is 8.07. The lowest BCUT2D eigenvalue weighted by molar-refractivity contribution is -0.128. The molecule has 0 bridgehead atoms. The Bertz CT molecular complexity index is 555. The largest absolute Gasteiger partial charge is 0.342 e. The highest BCUT2D eigenvalue weighted by molar-refractivity contribution is 6.00. The van der Waals surface area contributed by atoms with Crippen molar-refractivity contribution in [1.82, 2.24) is 4.90 Å². The summed E-state index contributed by atoms with van der Waals surface area (Å²) in [6.07, 6.45) is 3.38. The van der Waals surface area contributed by atoms with Gasteiger partial charge in [0.1, 0.15) is 0 Å². The van der Waals surface area contributed by atoms with E-state index in [0.717, 1.165) is 38.0 Å². The molecule has 2 aliphatic rings. The highest BCUT2D eigenvalue weighted by atomic mass is 16.2. The molecule has 2 heterocycles. The molecule has 112 valence electrons. The molecule has 3 rings (SSSR count). The van der Waals surface area contributed by atoms with Crippen LogP contribution in [0, 0.1) is 5.92 Å². The van der Waals surface area contributed by atoms with Crippen LogP contribution in [0.4, 0.5) is 5.69 Å². The number of para-hydroxylation sites is 1. The average Bonchev–Trinajstić information content (AvgIpc) is 3.08. The van der Waals surface area contributed by atoms with Crippen LogP contribution in [-0.2, 0) is 16.0 Å². The summed E-state index contributed by atoms with van der Waals surface area (Å²) in [7, 11) is 0. The number of carbonyl (C=O) groups is 2. The number of unbranched alkanes of at least 4 members (excludes halogenated alkanes) is 1. The summed E-state index contributed by atoms with van der Waals surface area (Å²) >= 11 is 0. The summed E-state index contributed by atoms with van der Waals surface area (Å²) < 4.78 is 0. The van der Waals surface area contributed by atoms with Gasteiger partial charge < -0.3 is 9.80 Å². The second-order valence-corrected chi connectivity index (χ2v) is 5.96. The van der Waals surface area contributed by atoms with E-state index in [0.29, 0.717) is 13.0 Å². The molecular weight excluding hydrogens is 264 g/mol. The number of hydrogen-bond acceptors (Lipinski definition) is 2. The molecule has 0 saturated carbocycles. The van der Waals surface area contributed by atoms with Crippen molar-refractivity contribution in [2.45, 2.75) is 32.6 Å². The number of likely N-dealkylation sites (tertiary alicyclic amines) is 1. The minimum absolute atomic E-state index is 0.118. The maximum atomic E-state index is 12.7. The summed E-state index contributed by atoms with van der Waals surface area (Å²) in [4.78, 5) is 28.5. The molecule has 2 aliphatic heterocycles. The smallest absolute Gasteiger partial charge is 0.232 e. The average molecular weight is 286 g/mol. The predicted octanol–water partition coefficient (Wildman–Crippen LogP) is 2.22. The highest BCUT2D eigenvalue weighted by Gasteiger charge is 2.38. The molecule has 4 nitrogen and oxygen atoms in total. The SMILES string of the molecule is CCCCN1C[C@@H](C(=O)N2CCc3ccccc32)CC1=O. The zero-order chi connectivity index (χ0) is 14.8. The Hall–Kier alpha value is -1.84. The van der Waals surface area contributed by atoms with Crippen molar-refractivity contribution in [3.63, 3.8) is 0 Å². The van der Waals surface area contributed by atoms with Crippen LogP contribution in [0.25, 0.3) is 0 Å². The second-order valence-electron chi connectivity index (χ2n) is 5.96. The predicted molar refractivity (Wildman–Crippen MR) is 82.1 cm³/mol. The van der Waals surface area contributed by atoms with E-state index in [1.54, 1.807) is 0 Å². The normalized spacial score (nSPS) is 21.0. The fraction of sp³-hybridized carbons (Fsp3) is 0.529.